The first-order valence-electron chi connectivity index (χ1n) is 7.15. The van der Waals surface area contributed by atoms with Gasteiger partial charge in [0.05, 0.1) is 0 Å². The number of nitrogens with one attached hydrogen (secondary N) is 1. The largest absolute Gasteiger partial charge is 0.382 e. The van der Waals surface area contributed by atoms with Crippen LogP contribution < -0.4 is 5.32 Å². The summed E-state index contributed by atoms with van der Waals surface area (Å²) < 4.78 is 0. The first-order chi connectivity index (χ1) is 8.58. The second-order valence-electron chi connectivity index (χ2n) is 5.30. The highest BCUT2D eigenvalue weighted by Crippen LogP contribution is 2.19. The quantitative estimate of drug-likeness (QED) is 0.785. The zero-order valence-corrected chi connectivity index (χ0v) is 12.5. The van der Waals surface area contributed by atoms with Crippen LogP contribution in [0.4, 0.5) is 5.69 Å². The number of hydrogen-bond donors (Lipinski definition) is 1. The number of para-hydroxylation sites is 1. The molecular formula is C16H28N2. The van der Waals surface area contributed by atoms with Crippen molar-refractivity contribution in [3.63, 3.8) is 0 Å². The lowest BCUT2D eigenvalue weighted by Gasteiger charge is -2.24. The Hall–Kier alpha value is -1.02. The zero-order valence-electron chi connectivity index (χ0n) is 12.5. The van der Waals surface area contributed by atoms with Gasteiger partial charge in [-0.25, -0.2) is 0 Å². The van der Waals surface area contributed by atoms with Crippen LogP contribution in [-0.4, -0.2) is 24.0 Å². The van der Waals surface area contributed by atoms with Crippen molar-refractivity contribution in [1.82, 2.24) is 4.90 Å². The molecular weight excluding hydrogens is 220 g/mol. The van der Waals surface area contributed by atoms with Crippen LogP contribution in [0.3, 0.4) is 0 Å². The molecule has 2 heteroatoms. The van der Waals surface area contributed by atoms with Crippen LogP contribution in [0.15, 0.2) is 24.3 Å². The minimum Gasteiger partial charge on any atom is -0.382 e. The summed E-state index contributed by atoms with van der Waals surface area (Å²) in [5.74, 6) is 0.645. The van der Waals surface area contributed by atoms with Crippen molar-refractivity contribution in [1.29, 1.82) is 0 Å². The molecule has 0 bridgehead atoms. The van der Waals surface area contributed by atoms with Gasteiger partial charge in [0.25, 0.3) is 0 Å². The van der Waals surface area contributed by atoms with Crippen LogP contribution in [0.1, 0.15) is 40.2 Å². The molecule has 1 unspecified atom stereocenters. The molecule has 18 heavy (non-hydrogen) atoms. The van der Waals surface area contributed by atoms with Crippen LogP contribution in [0, 0.1) is 5.92 Å². The maximum absolute atomic E-state index is 3.64. The van der Waals surface area contributed by atoms with Crippen LogP contribution in [0.25, 0.3) is 0 Å². The van der Waals surface area contributed by atoms with Gasteiger partial charge in [-0.2, -0.15) is 0 Å². The lowest BCUT2D eigenvalue weighted by atomic mass is 10.0. The third kappa shape index (κ3) is 4.34. The predicted octanol–water partition coefficient (Wildman–Crippen LogP) is 3.98. The van der Waals surface area contributed by atoms with Crippen LogP contribution in [-0.2, 0) is 6.54 Å². The normalized spacial score (nSPS) is 13.1. The Kier molecular flexibility index (Phi) is 6.20. The molecule has 0 aliphatic rings. The summed E-state index contributed by atoms with van der Waals surface area (Å²) in [7, 11) is 0. The fourth-order valence-corrected chi connectivity index (χ4v) is 1.90. The summed E-state index contributed by atoms with van der Waals surface area (Å²) in [5, 5.41) is 3.64. The van der Waals surface area contributed by atoms with E-state index >= 15 is 0 Å². The fraction of sp³-hybridized carbons (Fsp3) is 0.625. The van der Waals surface area contributed by atoms with E-state index in [-0.39, 0.29) is 0 Å². The molecule has 102 valence electrons. The molecule has 0 aromatic heterocycles. The summed E-state index contributed by atoms with van der Waals surface area (Å²) in [6.07, 6.45) is 0. The predicted molar refractivity (Wildman–Crippen MR) is 81.0 cm³/mol. The van der Waals surface area contributed by atoms with Crippen molar-refractivity contribution in [2.45, 2.75) is 47.2 Å². The maximum Gasteiger partial charge on any atom is 0.0388 e. The summed E-state index contributed by atoms with van der Waals surface area (Å²) >= 11 is 0. The van der Waals surface area contributed by atoms with Crippen molar-refractivity contribution in [2.75, 3.05) is 18.4 Å². The van der Waals surface area contributed by atoms with E-state index in [1.165, 1.54) is 11.3 Å². The van der Waals surface area contributed by atoms with Gasteiger partial charge < -0.3 is 5.32 Å². The summed E-state index contributed by atoms with van der Waals surface area (Å²) in [6, 6.07) is 9.17. The Morgan fingerprint density at radius 1 is 1.06 bits per heavy atom. The minimum absolute atomic E-state index is 0.503. The van der Waals surface area contributed by atoms with E-state index in [2.05, 4.69) is 69.1 Å². The van der Waals surface area contributed by atoms with E-state index in [9.17, 15) is 0 Å². The Bertz CT molecular complexity index is 320. The molecule has 0 radical (unpaired) electrons. The molecule has 0 heterocycles. The third-order valence-corrected chi connectivity index (χ3v) is 3.69. The fourth-order valence-electron chi connectivity index (χ4n) is 1.90. The Balaban J connectivity index is 2.79. The van der Waals surface area contributed by atoms with Crippen molar-refractivity contribution in [3.05, 3.63) is 29.8 Å². The van der Waals surface area contributed by atoms with Gasteiger partial charge in [0.15, 0.2) is 0 Å². The maximum atomic E-state index is 3.64. The average molecular weight is 248 g/mol. The van der Waals surface area contributed by atoms with Gasteiger partial charge in [-0.1, -0.05) is 45.9 Å². The highest BCUT2D eigenvalue weighted by molar-refractivity contribution is 5.51. The summed E-state index contributed by atoms with van der Waals surface area (Å²) in [4.78, 5) is 2.44. The first-order valence-corrected chi connectivity index (χ1v) is 7.15. The van der Waals surface area contributed by atoms with E-state index in [4.69, 9.17) is 0 Å². The van der Waals surface area contributed by atoms with Crippen LogP contribution in [0.2, 0.25) is 0 Å². The number of anilines is 1. The smallest absolute Gasteiger partial charge is 0.0388 e. The van der Waals surface area contributed by atoms with Gasteiger partial charge in [0.2, 0.25) is 0 Å². The summed E-state index contributed by atoms with van der Waals surface area (Å²) in [6.45, 7) is 14.4. The Morgan fingerprint density at radius 2 is 1.67 bits per heavy atom. The van der Waals surface area contributed by atoms with E-state index in [0.717, 1.165) is 19.6 Å². The van der Waals surface area contributed by atoms with Crippen molar-refractivity contribution in [3.8, 4) is 0 Å². The second-order valence-corrected chi connectivity index (χ2v) is 5.30. The van der Waals surface area contributed by atoms with Gasteiger partial charge in [0, 0.05) is 18.3 Å². The molecule has 0 aliphatic heterocycles. The molecule has 1 atom stereocenters. The highest BCUT2D eigenvalue weighted by Gasteiger charge is 2.10. The topological polar surface area (TPSA) is 15.3 Å². The lowest BCUT2D eigenvalue weighted by Crippen LogP contribution is -2.25. The van der Waals surface area contributed by atoms with Gasteiger partial charge in [-0.05, 0) is 37.6 Å². The average Bonchev–Trinajstić information content (AvgIpc) is 2.37. The van der Waals surface area contributed by atoms with E-state index in [1.54, 1.807) is 0 Å². The van der Waals surface area contributed by atoms with Crippen LogP contribution in [0.5, 0.6) is 0 Å². The van der Waals surface area contributed by atoms with Crippen molar-refractivity contribution < 1.29 is 0 Å². The number of rotatable bonds is 7. The zero-order chi connectivity index (χ0) is 13.5. The number of hydrogen-bond acceptors (Lipinski definition) is 2. The van der Waals surface area contributed by atoms with Gasteiger partial charge >= 0.3 is 0 Å². The lowest BCUT2D eigenvalue weighted by molar-refractivity contribution is 0.296. The monoisotopic (exact) mass is 248 g/mol. The molecule has 1 aromatic carbocycles. The Labute approximate surface area is 112 Å². The standard InChI is InChI=1S/C16H28N2/c1-6-18(7-2)12-15-10-8-9-11-16(15)17-14(5)13(3)4/h8-11,13-14,17H,6-7,12H2,1-5H3. The molecule has 0 saturated carbocycles. The van der Waals surface area contributed by atoms with E-state index < -0.39 is 0 Å². The molecule has 1 aromatic rings. The molecule has 0 amide bonds. The first kappa shape index (κ1) is 15.0. The van der Waals surface area contributed by atoms with Crippen LogP contribution >= 0.6 is 0 Å². The SMILES string of the molecule is CCN(CC)Cc1ccccc1NC(C)C(C)C. The molecule has 1 rings (SSSR count). The Morgan fingerprint density at radius 3 is 2.22 bits per heavy atom. The summed E-state index contributed by atoms with van der Waals surface area (Å²) in [5.41, 5.74) is 2.68. The number of nitrogens with zero attached hydrogens (tertiary/aromatic N) is 1. The second kappa shape index (κ2) is 7.42. The molecule has 1 N–H and O–H groups in total. The minimum atomic E-state index is 0.503. The highest BCUT2D eigenvalue weighted by atomic mass is 15.1. The van der Waals surface area contributed by atoms with Gasteiger partial charge in [-0.15, -0.1) is 0 Å². The van der Waals surface area contributed by atoms with Gasteiger partial charge in [0.1, 0.15) is 0 Å². The van der Waals surface area contributed by atoms with E-state index in [1.807, 2.05) is 0 Å². The molecule has 0 fully saturated rings. The molecule has 0 saturated heterocycles. The van der Waals surface area contributed by atoms with Crippen molar-refractivity contribution in [2.24, 2.45) is 5.92 Å². The van der Waals surface area contributed by atoms with E-state index in [0.29, 0.717) is 12.0 Å². The van der Waals surface area contributed by atoms with Gasteiger partial charge in [-0.3, -0.25) is 4.90 Å². The third-order valence-electron chi connectivity index (χ3n) is 3.69. The van der Waals surface area contributed by atoms with Crippen molar-refractivity contribution >= 4 is 5.69 Å². The molecule has 2 nitrogen and oxygen atoms in total. The molecule has 0 aliphatic carbocycles. The number of benzene rings is 1. The molecule has 0 spiro atoms.